The molecular weight excluding hydrogens is 398 g/mol. The van der Waals surface area contributed by atoms with Crippen molar-refractivity contribution in [2.75, 3.05) is 18.8 Å². The van der Waals surface area contributed by atoms with Gasteiger partial charge in [0.15, 0.2) is 0 Å². The normalized spacial score (nSPS) is 20.3. The minimum Gasteiger partial charge on any atom is -0.369 e. The fourth-order valence-corrected chi connectivity index (χ4v) is 5.14. The molecule has 1 aliphatic carbocycles. The third-order valence-corrected chi connectivity index (χ3v) is 6.91. The van der Waals surface area contributed by atoms with Crippen molar-refractivity contribution >= 4 is 23.6 Å². The van der Waals surface area contributed by atoms with Gasteiger partial charge in [-0.1, -0.05) is 49.2 Å². The molecule has 7 nitrogen and oxygen atoms in total. The number of hydrogen-bond donors (Lipinski definition) is 1. The topological polar surface area (TPSA) is 94.1 Å². The monoisotopic (exact) mass is 427 g/mol. The van der Waals surface area contributed by atoms with E-state index in [2.05, 4.69) is 0 Å². The summed E-state index contributed by atoms with van der Waals surface area (Å²) in [7, 11) is 0. The molecule has 2 fully saturated rings. The van der Waals surface area contributed by atoms with Crippen molar-refractivity contribution in [1.29, 1.82) is 0 Å². The van der Waals surface area contributed by atoms with Crippen LogP contribution >= 0.6 is 11.8 Å². The number of benzene rings is 1. The molecule has 1 aromatic carbocycles. The van der Waals surface area contributed by atoms with Crippen LogP contribution < -0.4 is 5.73 Å². The summed E-state index contributed by atoms with van der Waals surface area (Å²) in [4.78, 5) is 30.8. The van der Waals surface area contributed by atoms with Crippen LogP contribution in [0.4, 0.5) is 0 Å². The quantitative estimate of drug-likeness (QED) is 0.715. The number of carbonyl (C=O) groups excluding carboxylic acids is 2. The summed E-state index contributed by atoms with van der Waals surface area (Å²) in [6.45, 7) is 1.11. The predicted octanol–water partition coefficient (Wildman–Crippen LogP) is 3.13. The maximum absolute atomic E-state index is 12.7. The number of carbonyl (C=O) groups is 2. The molecule has 30 heavy (non-hydrogen) atoms. The Hall–Kier alpha value is -2.35. The summed E-state index contributed by atoms with van der Waals surface area (Å²) in [5.74, 6) is 1.15. The van der Waals surface area contributed by atoms with Gasteiger partial charge in [0.25, 0.3) is 0 Å². The number of hydrogen-bond acceptors (Lipinski definition) is 5. The molecule has 0 bridgehead atoms. The molecule has 4 rings (SSSR count). The second-order valence-electron chi connectivity index (χ2n) is 8.20. The number of nitrogens with two attached hydrogens (primary N) is 1. The van der Waals surface area contributed by atoms with E-state index in [1.165, 1.54) is 31.0 Å². The largest absolute Gasteiger partial charge is 0.369 e. The third-order valence-electron chi connectivity index (χ3n) is 6.09. The van der Waals surface area contributed by atoms with Gasteiger partial charge in [-0.25, -0.2) is 9.67 Å². The Balaban J connectivity index is 1.47. The van der Waals surface area contributed by atoms with Gasteiger partial charge in [-0.2, -0.15) is 0 Å². The van der Waals surface area contributed by atoms with Crippen LogP contribution in [0.25, 0.3) is 5.69 Å². The van der Waals surface area contributed by atoms with Crippen LogP contribution in [0.15, 0.2) is 35.5 Å². The Morgan fingerprint density at radius 1 is 1.07 bits per heavy atom. The highest BCUT2D eigenvalue weighted by atomic mass is 32.2. The van der Waals surface area contributed by atoms with E-state index in [0.717, 1.165) is 37.2 Å². The molecule has 2 aliphatic rings. The zero-order valence-electron chi connectivity index (χ0n) is 17.2. The number of primary amides is 1. The first kappa shape index (κ1) is 20.9. The van der Waals surface area contributed by atoms with E-state index in [0.29, 0.717) is 24.2 Å². The summed E-state index contributed by atoms with van der Waals surface area (Å²) in [5.41, 5.74) is 6.44. The molecular formula is C22H29N5O2S. The first-order chi connectivity index (χ1) is 14.6. The van der Waals surface area contributed by atoms with Crippen LogP contribution in [-0.2, 0) is 9.59 Å². The van der Waals surface area contributed by atoms with Gasteiger partial charge in [0, 0.05) is 19.0 Å². The van der Waals surface area contributed by atoms with Gasteiger partial charge in [-0.15, -0.1) is 5.10 Å². The van der Waals surface area contributed by atoms with Crippen molar-refractivity contribution in [1.82, 2.24) is 19.7 Å². The predicted molar refractivity (Wildman–Crippen MR) is 116 cm³/mol. The van der Waals surface area contributed by atoms with Crippen molar-refractivity contribution < 1.29 is 9.59 Å². The van der Waals surface area contributed by atoms with Crippen molar-refractivity contribution in [3.05, 3.63) is 36.2 Å². The summed E-state index contributed by atoms with van der Waals surface area (Å²) in [6.07, 6.45) is 7.59. The fourth-order valence-electron chi connectivity index (χ4n) is 4.40. The Kier molecular flexibility index (Phi) is 6.72. The molecule has 0 unspecified atom stereocenters. The fraction of sp³-hybridized carbons (Fsp3) is 0.545. The number of piperidine rings is 1. The van der Waals surface area contributed by atoms with Crippen LogP contribution in [0, 0.1) is 5.92 Å². The van der Waals surface area contributed by atoms with E-state index in [-0.39, 0.29) is 23.5 Å². The molecule has 1 saturated carbocycles. The van der Waals surface area contributed by atoms with Crippen LogP contribution in [0.5, 0.6) is 0 Å². The van der Waals surface area contributed by atoms with E-state index in [1.54, 1.807) is 4.90 Å². The number of thioether (sulfide) groups is 1. The van der Waals surface area contributed by atoms with E-state index >= 15 is 0 Å². The molecule has 1 aliphatic heterocycles. The molecule has 2 amide bonds. The number of nitrogens with zero attached hydrogens (tertiary/aromatic N) is 4. The van der Waals surface area contributed by atoms with Crippen molar-refractivity contribution in [2.45, 2.75) is 56.0 Å². The molecule has 1 atom stereocenters. The second kappa shape index (κ2) is 9.64. The minimum atomic E-state index is -0.319. The summed E-state index contributed by atoms with van der Waals surface area (Å²) >= 11 is 1.38. The zero-order chi connectivity index (χ0) is 20.9. The number of para-hydroxylation sites is 1. The lowest BCUT2D eigenvalue weighted by molar-refractivity contribution is -0.132. The highest BCUT2D eigenvalue weighted by Gasteiger charge is 2.28. The Bertz CT molecular complexity index is 879. The van der Waals surface area contributed by atoms with Gasteiger partial charge in [0.05, 0.1) is 17.4 Å². The Morgan fingerprint density at radius 3 is 2.57 bits per heavy atom. The SMILES string of the molecule is NC(=O)[C@@H]1CCCN(C(=O)CSc2nc(C3CCCCC3)n(-c3ccccc3)n2)C1. The van der Waals surface area contributed by atoms with Crippen molar-refractivity contribution in [2.24, 2.45) is 11.7 Å². The van der Waals surface area contributed by atoms with Gasteiger partial charge in [0.2, 0.25) is 17.0 Å². The van der Waals surface area contributed by atoms with Crippen LogP contribution in [0.1, 0.15) is 56.7 Å². The van der Waals surface area contributed by atoms with Gasteiger partial charge in [-0.05, 0) is 37.8 Å². The first-order valence-corrected chi connectivity index (χ1v) is 11.8. The van der Waals surface area contributed by atoms with E-state index in [9.17, 15) is 9.59 Å². The summed E-state index contributed by atoms with van der Waals surface area (Å²) in [5, 5.41) is 5.37. The van der Waals surface area contributed by atoms with E-state index < -0.39 is 0 Å². The second-order valence-corrected chi connectivity index (χ2v) is 9.15. The molecule has 0 spiro atoms. The first-order valence-electron chi connectivity index (χ1n) is 10.8. The molecule has 160 valence electrons. The van der Waals surface area contributed by atoms with Gasteiger partial charge < -0.3 is 10.6 Å². The van der Waals surface area contributed by atoms with Crippen LogP contribution in [0.3, 0.4) is 0 Å². The van der Waals surface area contributed by atoms with Crippen LogP contribution in [-0.4, -0.2) is 50.3 Å². The highest BCUT2D eigenvalue weighted by molar-refractivity contribution is 7.99. The number of amides is 2. The molecule has 0 radical (unpaired) electrons. The third kappa shape index (κ3) is 4.86. The average Bonchev–Trinajstić information content (AvgIpc) is 3.23. The lowest BCUT2D eigenvalue weighted by Gasteiger charge is -2.31. The maximum Gasteiger partial charge on any atom is 0.233 e. The van der Waals surface area contributed by atoms with Gasteiger partial charge in [0.1, 0.15) is 5.82 Å². The van der Waals surface area contributed by atoms with E-state index in [1.807, 2.05) is 35.0 Å². The molecule has 2 aromatic rings. The standard InChI is InChI=1S/C22H29N5O2S/c23-20(29)17-10-7-13-26(14-17)19(28)15-30-22-24-21(16-8-3-1-4-9-16)27(25-22)18-11-5-2-6-12-18/h2,5-6,11-12,16-17H,1,3-4,7-10,13-15H2,(H2,23,29)/t17-/m1/s1. The average molecular weight is 428 g/mol. The smallest absolute Gasteiger partial charge is 0.233 e. The number of rotatable bonds is 6. The van der Waals surface area contributed by atoms with Gasteiger partial charge in [-0.3, -0.25) is 9.59 Å². The van der Waals surface area contributed by atoms with Gasteiger partial charge >= 0.3 is 0 Å². The summed E-state index contributed by atoms with van der Waals surface area (Å²) < 4.78 is 1.95. The van der Waals surface area contributed by atoms with Crippen LogP contribution in [0.2, 0.25) is 0 Å². The Morgan fingerprint density at radius 2 is 1.83 bits per heavy atom. The molecule has 1 saturated heterocycles. The van der Waals surface area contributed by atoms with E-state index in [4.69, 9.17) is 15.8 Å². The molecule has 1 aromatic heterocycles. The van der Waals surface area contributed by atoms with Crippen molar-refractivity contribution in [3.63, 3.8) is 0 Å². The molecule has 2 heterocycles. The molecule has 8 heteroatoms. The maximum atomic E-state index is 12.7. The lowest BCUT2D eigenvalue weighted by atomic mass is 9.88. The Labute approximate surface area is 181 Å². The molecule has 2 N–H and O–H groups in total. The number of likely N-dealkylation sites (tertiary alicyclic amines) is 1. The highest BCUT2D eigenvalue weighted by Crippen LogP contribution is 2.33. The number of aromatic nitrogens is 3. The van der Waals surface area contributed by atoms with Crippen molar-refractivity contribution in [3.8, 4) is 5.69 Å². The summed E-state index contributed by atoms with van der Waals surface area (Å²) in [6, 6.07) is 10.1. The zero-order valence-corrected chi connectivity index (χ0v) is 18.0. The minimum absolute atomic E-state index is 0.0150. The lowest BCUT2D eigenvalue weighted by Crippen LogP contribution is -2.44.